The van der Waals surface area contributed by atoms with Crippen LogP contribution < -0.4 is 20.7 Å². The average molecular weight is 775 g/mol. The van der Waals surface area contributed by atoms with Gasteiger partial charge in [0, 0.05) is 34.5 Å². The predicted molar refractivity (Wildman–Crippen MR) is 214 cm³/mol. The quantitative estimate of drug-likeness (QED) is 0.0680. The lowest BCUT2D eigenvalue weighted by Crippen LogP contribution is -2.33. The van der Waals surface area contributed by atoms with Gasteiger partial charge in [-0.2, -0.15) is 0 Å². The van der Waals surface area contributed by atoms with E-state index < -0.39 is 23.0 Å². The van der Waals surface area contributed by atoms with E-state index in [1.54, 1.807) is 90.9 Å². The van der Waals surface area contributed by atoms with E-state index in [4.69, 9.17) is 9.47 Å². The van der Waals surface area contributed by atoms with Gasteiger partial charge in [-0.25, -0.2) is 4.79 Å². The lowest BCUT2D eigenvalue weighted by Gasteiger charge is -2.25. The van der Waals surface area contributed by atoms with Crippen LogP contribution in [0.1, 0.15) is 54.5 Å². The molecule has 280 valence electrons. The normalized spacial score (nSPS) is 12.9. The van der Waals surface area contributed by atoms with Crippen molar-refractivity contribution in [2.24, 2.45) is 0 Å². The fourth-order valence-electron chi connectivity index (χ4n) is 5.95. The van der Waals surface area contributed by atoms with Crippen LogP contribution in [0.4, 0.5) is 10.7 Å². The third-order valence-electron chi connectivity index (χ3n) is 8.77. The van der Waals surface area contributed by atoms with Gasteiger partial charge in [-0.1, -0.05) is 66.7 Å². The SMILES string of the molecule is COC(=O)c1c(NC(=O)C(Sc2cccc(NC(=O)/C(=C\c3ccc(OC)cc3)NC(=O)c3ccccc3)c2)c2ccccc2)sc2c1CCN(C(C)=O)C2. The molecule has 0 radical (unpaired) electrons. The molecule has 13 heteroatoms. The highest BCUT2D eigenvalue weighted by molar-refractivity contribution is 8.00. The number of nitrogens with zero attached hydrogens (tertiary/aromatic N) is 1. The number of carbonyl (C=O) groups excluding carboxylic acids is 5. The number of carbonyl (C=O) groups is 5. The summed E-state index contributed by atoms with van der Waals surface area (Å²) in [6, 6.07) is 31.9. The molecule has 4 aromatic carbocycles. The highest BCUT2D eigenvalue weighted by atomic mass is 32.2. The zero-order valence-corrected chi connectivity index (χ0v) is 31.9. The van der Waals surface area contributed by atoms with Crippen molar-refractivity contribution in [3.8, 4) is 5.75 Å². The summed E-state index contributed by atoms with van der Waals surface area (Å²) < 4.78 is 10.4. The van der Waals surface area contributed by atoms with Gasteiger partial charge in [0.05, 0.1) is 26.3 Å². The summed E-state index contributed by atoms with van der Waals surface area (Å²) in [5.74, 6) is -1.35. The van der Waals surface area contributed by atoms with Crippen molar-refractivity contribution < 1.29 is 33.4 Å². The summed E-state index contributed by atoms with van der Waals surface area (Å²) in [5, 5.41) is 8.24. The first-order chi connectivity index (χ1) is 26.6. The minimum atomic E-state index is -0.763. The van der Waals surface area contributed by atoms with E-state index >= 15 is 0 Å². The number of benzene rings is 4. The number of amides is 4. The number of rotatable bonds is 12. The molecule has 2 heterocycles. The molecule has 11 nitrogen and oxygen atoms in total. The molecular formula is C42H38N4O7S2. The van der Waals surface area contributed by atoms with Crippen molar-refractivity contribution in [2.75, 3.05) is 31.4 Å². The van der Waals surface area contributed by atoms with Gasteiger partial charge in [0.2, 0.25) is 11.8 Å². The number of hydrogen-bond donors (Lipinski definition) is 3. The molecule has 5 aromatic rings. The number of fused-ring (bicyclic) bond motifs is 1. The van der Waals surface area contributed by atoms with Crippen molar-refractivity contribution in [3.05, 3.63) is 148 Å². The first-order valence-electron chi connectivity index (χ1n) is 17.3. The van der Waals surface area contributed by atoms with E-state index in [1.165, 1.54) is 37.1 Å². The van der Waals surface area contributed by atoms with Crippen LogP contribution in [0, 0.1) is 0 Å². The van der Waals surface area contributed by atoms with Gasteiger partial charge in [0.25, 0.3) is 11.8 Å². The summed E-state index contributed by atoms with van der Waals surface area (Å²) in [6.07, 6.45) is 2.04. The molecule has 6 rings (SSSR count). The molecule has 0 bridgehead atoms. The molecule has 3 N–H and O–H groups in total. The third kappa shape index (κ3) is 9.50. The number of methoxy groups -OCH3 is 2. The Morgan fingerprint density at radius 2 is 1.56 bits per heavy atom. The van der Waals surface area contributed by atoms with Crippen LogP contribution in [-0.4, -0.2) is 55.3 Å². The van der Waals surface area contributed by atoms with Gasteiger partial charge in [0.15, 0.2) is 0 Å². The van der Waals surface area contributed by atoms with Crippen LogP contribution in [0.5, 0.6) is 5.75 Å². The highest BCUT2D eigenvalue weighted by Crippen LogP contribution is 2.41. The van der Waals surface area contributed by atoms with Crippen LogP contribution in [0.2, 0.25) is 0 Å². The van der Waals surface area contributed by atoms with E-state index in [2.05, 4.69) is 16.0 Å². The molecule has 1 aliphatic heterocycles. The van der Waals surface area contributed by atoms with Gasteiger partial charge < -0.3 is 30.3 Å². The summed E-state index contributed by atoms with van der Waals surface area (Å²) in [7, 11) is 2.86. The Balaban J connectivity index is 1.25. The number of esters is 1. The lowest BCUT2D eigenvalue weighted by atomic mass is 10.0. The molecule has 1 unspecified atom stereocenters. The minimum Gasteiger partial charge on any atom is -0.497 e. The molecule has 0 saturated heterocycles. The monoisotopic (exact) mass is 774 g/mol. The number of hydrogen-bond acceptors (Lipinski definition) is 9. The van der Waals surface area contributed by atoms with Crippen molar-refractivity contribution in [1.29, 1.82) is 0 Å². The fraction of sp³-hybridized carbons (Fsp3) is 0.167. The number of nitrogens with one attached hydrogen (secondary N) is 3. The van der Waals surface area contributed by atoms with E-state index in [0.29, 0.717) is 57.5 Å². The Morgan fingerprint density at radius 3 is 2.24 bits per heavy atom. The maximum atomic E-state index is 14.2. The van der Waals surface area contributed by atoms with Crippen molar-refractivity contribution >= 4 is 69.5 Å². The molecule has 0 spiro atoms. The highest BCUT2D eigenvalue weighted by Gasteiger charge is 2.32. The minimum absolute atomic E-state index is 0.0186. The van der Waals surface area contributed by atoms with Gasteiger partial charge in [-0.3, -0.25) is 19.2 Å². The van der Waals surface area contributed by atoms with Crippen LogP contribution >= 0.6 is 23.1 Å². The second-order valence-electron chi connectivity index (χ2n) is 12.4. The van der Waals surface area contributed by atoms with E-state index in [1.807, 2.05) is 36.4 Å². The average Bonchev–Trinajstić information content (AvgIpc) is 3.57. The Hall–Kier alpha value is -6.18. The van der Waals surface area contributed by atoms with Crippen LogP contribution in [-0.2, 0) is 32.1 Å². The molecule has 0 aliphatic carbocycles. The lowest BCUT2D eigenvalue weighted by molar-refractivity contribution is -0.129. The van der Waals surface area contributed by atoms with Crippen LogP contribution in [0.25, 0.3) is 6.08 Å². The Bertz CT molecular complexity index is 2240. The zero-order chi connectivity index (χ0) is 38.9. The first-order valence-corrected chi connectivity index (χ1v) is 19.0. The number of anilines is 2. The van der Waals surface area contributed by atoms with E-state index in [-0.39, 0.29) is 17.5 Å². The number of thiophene rings is 1. The summed E-state index contributed by atoms with van der Waals surface area (Å²) in [5.41, 5.74) is 3.31. The summed E-state index contributed by atoms with van der Waals surface area (Å²) in [4.78, 5) is 69.4. The first kappa shape index (κ1) is 38.5. The van der Waals surface area contributed by atoms with Gasteiger partial charge >= 0.3 is 5.97 Å². The molecular weight excluding hydrogens is 737 g/mol. The van der Waals surface area contributed by atoms with Gasteiger partial charge in [0.1, 0.15) is 21.7 Å². The fourth-order valence-corrected chi connectivity index (χ4v) is 8.29. The van der Waals surface area contributed by atoms with Crippen molar-refractivity contribution in [2.45, 2.75) is 30.0 Å². The second-order valence-corrected chi connectivity index (χ2v) is 14.7. The Kier molecular flexibility index (Phi) is 12.4. The predicted octanol–water partition coefficient (Wildman–Crippen LogP) is 7.33. The molecule has 0 fully saturated rings. The van der Waals surface area contributed by atoms with Gasteiger partial charge in [-0.15, -0.1) is 23.1 Å². The van der Waals surface area contributed by atoms with Crippen LogP contribution in [0.3, 0.4) is 0 Å². The van der Waals surface area contributed by atoms with Gasteiger partial charge in [-0.05, 0) is 71.7 Å². The smallest absolute Gasteiger partial charge is 0.341 e. The maximum absolute atomic E-state index is 14.2. The molecule has 0 saturated carbocycles. The summed E-state index contributed by atoms with van der Waals surface area (Å²) >= 11 is 2.53. The molecule has 55 heavy (non-hydrogen) atoms. The van der Waals surface area contributed by atoms with Crippen molar-refractivity contribution in [3.63, 3.8) is 0 Å². The van der Waals surface area contributed by atoms with E-state index in [9.17, 15) is 24.0 Å². The Morgan fingerprint density at radius 1 is 0.855 bits per heavy atom. The molecule has 4 amide bonds. The molecule has 1 aromatic heterocycles. The van der Waals surface area contributed by atoms with E-state index in [0.717, 1.165) is 16.0 Å². The number of ether oxygens (including phenoxy) is 2. The second kappa shape index (κ2) is 17.8. The zero-order valence-electron chi connectivity index (χ0n) is 30.3. The Labute approximate surface area is 326 Å². The standard InChI is InChI=1S/C42H38N4O7S2/c1-26(47)46-22-21-33-35(25-46)55-41(36(33)42(51)53-3)45-40(50)37(28-11-6-4-7-12-28)54-32-16-10-15-30(24-32)43-39(49)34(23-27-17-19-31(52-2)20-18-27)44-38(48)29-13-8-5-9-14-29/h4-20,23-24,37H,21-22,25H2,1-3H3,(H,43,49)(H,44,48)(H,45,50)/b34-23+. The molecule has 1 atom stereocenters. The number of thioether (sulfide) groups is 1. The molecule has 1 aliphatic rings. The largest absolute Gasteiger partial charge is 0.497 e. The topological polar surface area (TPSA) is 143 Å². The van der Waals surface area contributed by atoms with Crippen molar-refractivity contribution in [1.82, 2.24) is 10.2 Å². The third-order valence-corrected chi connectivity index (χ3v) is 11.2. The summed E-state index contributed by atoms with van der Waals surface area (Å²) in [6.45, 7) is 2.31. The van der Waals surface area contributed by atoms with Crippen LogP contribution in [0.15, 0.2) is 120 Å². The maximum Gasteiger partial charge on any atom is 0.341 e.